The molecular formula is C11H10F4. The van der Waals surface area contributed by atoms with Gasteiger partial charge in [0.25, 0.3) is 5.92 Å². The Bertz CT molecular complexity index is 398. The summed E-state index contributed by atoms with van der Waals surface area (Å²) in [7, 11) is 0. The molecule has 0 saturated heterocycles. The van der Waals surface area contributed by atoms with Gasteiger partial charge in [-0.25, -0.2) is 17.6 Å². The van der Waals surface area contributed by atoms with Gasteiger partial charge in [0.15, 0.2) is 11.6 Å². The lowest BCUT2D eigenvalue weighted by atomic mass is 9.99. The molecule has 15 heavy (non-hydrogen) atoms. The van der Waals surface area contributed by atoms with Gasteiger partial charge in [0, 0.05) is 5.92 Å². The van der Waals surface area contributed by atoms with Crippen molar-refractivity contribution in [3.05, 3.63) is 34.9 Å². The van der Waals surface area contributed by atoms with Crippen LogP contribution in [0, 0.1) is 17.6 Å². The van der Waals surface area contributed by atoms with Crippen LogP contribution in [-0.2, 0) is 12.3 Å². The molecule has 0 heterocycles. The van der Waals surface area contributed by atoms with Crippen molar-refractivity contribution in [1.29, 1.82) is 0 Å². The van der Waals surface area contributed by atoms with E-state index in [1.165, 1.54) is 6.07 Å². The van der Waals surface area contributed by atoms with E-state index in [-0.39, 0.29) is 18.4 Å². The molecule has 1 aliphatic rings. The molecule has 0 spiro atoms. The second kappa shape index (κ2) is 3.22. The first-order valence-electron chi connectivity index (χ1n) is 4.83. The maximum absolute atomic E-state index is 13.6. The van der Waals surface area contributed by atoms with E-state index in [0.717, 1.165) is 6.07 Å². The van der Waals surface area contributed by atoms with Gasteiger partial charge in [-0.05, 0) is 24.5 Å². The quantitative estimate of drug-likeness (QED) is 0.631. The molecule has 2 rings (SSSR count). The fourth-order valence-electron chi connectivity index (χ4n) is 2.12. The fraction of sp³-hybridized carbons (Fsp3) is 0.455. The second-order valence-corrected chi connectivity index (χ2v) is 3.83. The molecule has 0 amide bonds. The molecule has 0 saturated carbocycles. The summed E-state index contributed by atoms with van der Waals surface area (Å²) < 4.78 is 53.4. The van der Waals surface area contributed by atoms with Crippen LogP contribution < -0.4 is 0 Å². The van der Waals surface area contributed by atoms with Crippen molar-refractivity contribution in [2.24, 2.45) is 5.92 Å². The minimum atomic E-state index is -3.24. The minimum absolute atomic E-state index is 0.121. The zero-order chi connectivity index (χ0) is 11.2. The molecule has 82 valence electrons. The van der Waals surface area contributed by atoms with Gasteiger partial charge in [0.2, 0.25) is 0 Å². The van der Waals surface area contributed by atoms with Crippen molar-refractivity contribution in [1.82, 2.24) is 0 Å². The Hall–Kier alpha value is -1.06. The molecule has 0 nitrogen and oxygen atoms in total. The summed E-state index contributed by atoms with van der Waals surface area (Å²) in [5.41, 5.74) is -0.514. The molecule has 4 heteroatoms. The summed E-state index contributed by atoms with van der Waals surface area (Å²) in [4.78, 5) is 0. The Balaban J connectivity index is 2.60. The third-order valence-corrected chi connectivity index (χ3v) is 2.99. The maximum Gasteiger partial charge on any atom is 0.279 e. The Morgan fingerprint density at radius 3 is 2.60 bits per heavy atom. The smallest absolute Gasteiger partial charge is 0.204 e. The summed E-state index contributed by atoms with van der Waals surface area (Å²) in [5.74, 6) is -6.75. The largest absolute Gasteiger partial charge is 0.279 e. The highest BCUT2D eigenvalue weighted by Crippen LogP contribution is 2.48. The third-order valence-electron chi connectivity index (χ3n) is 2.99. The fourth-order valence-corrected chi connectivity index (χ4v) is 2.12. The Morgan fingerprint density at radius 1 is 1.33 bits per heavy atom. The van der Waals surface area contributed by atoms with E-state index in [2.05, 4.69) is 0 Å². The standard InChI is InChI=1S/C11H10F4/c1-2-7-5-6-3-4-8(12)10(13)9(6)11(7,14)15/h3-4,7H,2,5H2,1H3. The summed E-state index contributed by atoms with van der Waals surface area (Å²) in [6.07, 6.45) is 0.374. The van der Waals surface area contributed by atoms with E-state index in [1.807, 2.05) is 0 Å². The van der Waals surface area contributed by atoms with Crippen LogP contribution >= 0.6 is 0 Å². The number of fused-ring (bicyclic) bond motifs is 1. The number of hydrogen-bond acceptors (Lipinski definition) is 0. The molecule has 1 aromatic rings. The van der Waals surface area contributed by atoms with Gasteiger partial charge in [-0.15, -0.1) is 0 Å². The monoisotopic (exact) mass is 218 g/mol. The van der Waals surface area contributed by atoms with Gasteiger partial charge in [-0.3, -0.25) is 0 Å². The van der Waals surface area contributed by atoms with Crippen LogP contribution in [0.4, 0.5) is 17.6 Å². The predicted octanol–water partition coefficient (Wildman–Crippen LogP) is 3.64. The topological polar surface area (TPSA) is 0 Å². The highest BCUT2D eigenvalue weighted by molar-refractivity contribution is 5.38. The van der Waals surface area contributed by atoms with Gasteiger partial charge in [0.1, 0.15) is 0 Å². The molecule has 1 unspecified atom stereocenters. The van der Waals surface area contributed by atoms with Crippen molar-refractivity contribution in [3.8, 4) is 0 Å². The van der Waals surface area contributed by atoms with Crippen LogP contribution in [0.1, 0.15) is 24.5 Å². The van der Waals surface area contributed by atoms with E-state index < -0.39 is 29.0 Å². The van der Waals surface area contributed by atoms with Gasteiger partial charge < -0.3 is 0 Å². The molecule has 0 aliphatic heterocycles. The molecule has 1 aromatic carbocycles. The van der Waals surface area contributed by atoms with Gasteiger partial charge in [0.05, 0.1) is 5.56 Å². The molecule has 0 bridgehead atoms. The maximum atomic E-state index is 13.6. The zero-order valence-electron chi connectivity index (χ0n) is 8.16. The lowest BCUT2D eigenvalue weighted by molar-refractivity contribution is -0.0562. The molecule has 1 atom stereocenters. The Morgan fingerprint density at radius 2 is 2.00 bits per heavy atom. The zero-order valence-corrected chi connectivity index (χ0v) is 8.16. The molecule has 1 aliphatic carbocycles. The van der Waals surface area contributed by atoms with Crippen LogP contribution in [0.3, 0.4) is 0 Å². The molecule has 0 aromatic heterocycles. The van der Waals surface area contributed by atoms with Gasteiger partial charge in [-0.2, -0.15) is 0 Å². The SMILES string of the molecule is CCC1Cc2ccc(F)c(F)c2C1(F)F. The van der Waals surface area contributed by atoms with Crippen LogP contribution in [-0.4, -0.2) is 0 Å². The number of benzene rings is 1. The van der Waals surface area contributed by atoms with E-state index in [4.69, 9.17) is 0 Å². The molecule has 0 fully saturated rings. The number of alkyl halides is 2. The van der Waals surface area contributed by atoms with Crippen LogP contribution in [0.2, 0.25) is 0 Å². The Kier molecular flexibility index (Phi) is 2.24. The third kappa shape index (κ3) is 1.34. The average molecular weight is 218 g/mol. The molecule has 0 N–H and O–H groups in total. The van der Waals surface area contributed by atoms with Crippen molar-refractivity contribution >= 4 is 0 Å². The molecule has 0 radical (unpaired) electrons. The molecular weight excluding hydrogens is 208 g/mol. The number of rotatable bonds is 1. The minimum Gasteiger partial charge on any atom is -0.204 e. The lowest BCUT2D eigenvalue weighted by Gasteiger charge is -2.18. The summed E-state index contributed by atoms with van der Waals surface area (Å²) in [6, 6.07) is 2.15. The van der Waals surface area contributed by atoms with Crippen LogP contribution in [0.5, 0.6) is 0 Å². The van der Waals surface area contributed by atoms with Crippen molar-refractivity contribution in [2.45, 2.75) is 25.7 Å². The predicted molar refractivity (Wildman–Crippen MR) is 47.7 cm³/mol. The highest BCUT2D eigenvalue weighted by atomic mass is 19.3. The van der Waals surface area contributed by atoms with Gasteiger partial charge >= 0.3 is 0 Å². The summed E-state index contributed by atoms with van der Waals surface area (Å²) >= 11 is 0. The normalized spacial score (nSPS) is 22.9. The Labute approximate surface area is 84.9 Å². The van der Waals surface area contributed by atoms with Gasteiger partial charge in [-0.1, -0.05) is 13.0 Å². The van der Waals surface area contributed by atoms with E-state index >= 15 is 0 Å². The summed E-state index contributed by atoms with van der Waals surface area (Å²) in [6.45, 7) is 1.62. The van der Waals surface area contributed by atoms with Crippen LogP contribution in [0.25, 0.3) is 0 Å². The van der Waals surface area contributed by atoms with Crippen molar-refractivity contribution in [3.63, 3.8) is 0 Å². The lowest BCUT2D eigenvalue weighted by Crippen LogP contribution is -2.21. The average Bonchev–Trinajstić information content (AvgIpc) is 2.44. The first-order valence-corrected chi connectivity index (χ1v) is 4.83. The number of hydrogen-bond donors (Lipinski definition) is 0. The first kappa shape index (κ1) is 10.5. The second-order valence-electron chi connectivity index (χ2n) is 3.83. The van der Waals surface area contributed by atoms with E-state index in [0.29, 0.717) is 0 Å². The first-order chi connectivity index (χ1) is 6.98. The van der Waals surface area contributed by atoms with E-state index in [9.17, 15) is 17.6 Å². The highest BCUT2D eigenvalue weighted by Gasteiger charge is 2.49. The number of halogens is 4. The van der Waals surface area contributed by atoms with Crippen LogP contribution in [0.15, 0.2) is 12.1 Å². The van der Waals surface area contributed by atoms with Crippen molar-refractivity contribution < 1.29 is 17.6 Å². The van der Waals surface area contributed by atoms with Crippen molar-refractivity contribution in [2.75, 3.05) is 0 Å². The summed E-state index contributed by atoms with van der Waals surface area (Å²) in [5, 5.41) is 0. The van der Waals surface area contributed by atoms with E-state index in [1.54, 1.807) is 6.92 Å².